The summed E-state index contributed by atoms with van der Waals surface area (Å²) in [6.45, 7) is 4.51. The maximum Gasteiger partial charge on any atom is 0.313 e. The smallest absolute Gasteiger partial charge is 0.313 e. The zero-order valence-electron chi connectivity index (χ0n) is 16.6. The number of anilines is 3. The number of nitrogens with zero attached hydrogens (tertiary/aromatic N) is 2. The highest BCUT2D eigenvalue weighted by Crippen LogP contribution is 2.38. The number of pyridine rings is 1. The number of hydrogen-bond acceptors (Lipinski definition) is 7. The van der Waals surface area contributed by atoms with Gasteiger partial charge < -0.3 is 27.1 Å². The predicted octanol–water partition coefficient (Wildman–Crippen LogP) is 2.81. The minimum Gasteiger partial charge on any atom is -0.398 e. The molecule has 1 saturated heterocycles. The van der Waals surface area contributed by atoms with Crippen LogP contribution in [-0.2, 0) is 16.0 Å². The van der Waals surface area contributed by atoms with Crippen LogP contribution in [0.1, 0.15) is 48.0 Å². The number of nitrogen functional groups attached to an aromatic ring is 2. The van der Waals surface area contributed by atoms with Gasteiger partial charge in [0.05, 0.1) is 28.5 Å². The number of carbonyl (C=O) groups excluding carboxylic acids is 2. The number of hydrogen-bond donors (Lipinski definition) is 4. The van der Waals surface area contributed by atoms with Crippen LogP contribution in [0.2, 0.25) is 0 Å². The largest absolute Gasteiger partial charge is 0.398 e. The van der Waals surface area contributed by atoms with Gasteiger partial charge in [0.15, 0.2) is 0 Å². The standard InChI is InChI=1S/C20H26N6O2S/c1-3-12-6-13(9-24-18(12)23)25-19(27)20(28)26-10-11(2)4-5-15(26)16-7-14(22)17(8-21)29-16/h6-9,11,15,21H,3-5,10,22H2,1-2H3,(H2,23,24)(H,25,27)/t11-,15+/m1/s1. The number of nitrogens with two attached hydrogens (primary N) is 2. The summed E-state index contributed by atoms with van der Waals surface area (Å²) in [4.78, 5) is 33.0. The van der Waals surface area contributed by atoms with E-state index in [2.05, 4.69) is 17.2 Å². The Morgan fingerprint density at radius 3 is 2.79 bits per heavy atom. The van der Waals surface area contributed by atoms with E-state index in [-0.39, 0.29) is 6.04 Å². The maximum absolute atomic E-state index is 13.0. The van der Waals surface area contributed by atoms with Gasteiger partial charge in [-0.1, -0.05) is 13.8 Å². The van der Waals surface area contributed by atoms with Gasteiger partial charge in [0.2, 0.25) is 0 Å². The number of rotatable bonds is 4. The fourth-order valence-electron chi connectivity index (χ4n) is 3.58. The molecule has 0 aromatic carbocycles. The molecule has 9 heteroatoms. The van der Waals surface area contributed by atoms with Gasteiger partial charge in [-0.05, 0) is 42.9 Å². The van der Waals surface area contributed by atoms with Crippen molar-refractivity contribution >= 4 is 46.6 Å². The van der Waals surface area contributed by atoms with E-state index in [0.717, 1.165) is 23.3 Å². The van der Waals surface area contributed by atoms with Gasteiger partial charge >= 0.3 is 11.8 Å². The van der Waals surface area contributed by atoms with Gasteiger partial charge in [0.25, 0.3) is 0 Å². The Morgan fingerprint density at radius 1 is 1.38 bits per heavy atom. The van der Waals surface area contributed by atoms with Crippen LogP contribution in [0.25, 0.3) is 0 Å². The Labute approximate surface area is 173 Å². The van der Waals surface area contributed by atoms with Crippen molar-refractivity contribution in [2.24, 2.45) is 5.92 Å². The summed E-state index contributed by atoms with van der Waals surface area (Å²) in [5.74, 6) is -0.569. The highest BCUT2D eigenvalue weighted by Gasteiger charge is 2.35. The lowest BCUT2D eigenvalue weighted by molar-refractivity contribution is -0.146. The SMILES string of the molecule is CCc1cc(NC(=O)C(=O)N2C[C@H](C)CC[C@H]2c2cc(N)c(C=N)s2)cnc1N. The Morgan fingerprint density at radius 2 is 2.14 bits per heavy atom. The number of carbonyl (C=O) groups is 2. The normalized spacial score (nSPS) is 19.0. The number of aromatic nitrogens is 1. The second-order valence-corrected chi connectivity index (χ2v) is 8.46. The molecule has 29 heavy (non-hydrogen) atoms. The number of aryl methyl sites for hydroxylation is 1. The van der Waals surface area contributed by atoms with Gasteiger partial charge in [-0.2, -0.15) is 0 Å². The summed E-state index contributed by atoms with van der Waals surface area (Å²) >= 11 is 1.39. The van der Waals surface area contributed by atoms with E-state index < -0.39 is 11.8 Å². The van der Waals surface area contributed by atoms with Gasteiger partial charge in [-0.15, -0.1) is 11.3 Å². The molecule has 6 N–H and O–H groups in total. The Balaban J connectivity index is 1.81. The van der Waals surface area contributed by atoms with Gasteiger partial charge in [-0.25, -0.2) is 4.98 Å². The average molecular weight is 415 g/mol. The van der Waals surface area contributed by atoms with Crippen molar-refractivity contribution < 1.29 is 9.59 Å². The van der Waals surface area contributed by atoms with Crippen LogP contribution in [0.5, 0.6) is 0 Å². The van der Waals surface area contributed by atoms with Crippen LogP contribution in [0.4, 0.5) is 17.2 Å². The van der Waals surface area contributed by atoms with Crippen molar-refractivity contribution in [2.45, 2.75) is 39.2 Å². The fraction of sp³-hybridized carbons (Fsp3) is 0.400. The lowest BCUT2D eigenvalue weighted by Gasteiger charge is -2.37. The highest BCUT2D eigenvalue weighted by atomic mass is 32.1. The topological polar surface area (TPSA) is 138 Å². The highest BCUT2D eigenvalue weighted by molar-refractivity contribution is 7.14. The van der Waals surface area contributed by atoms with E-state index in [1.165, 1.54) is 23.7 Å². The van der Waals surface area contributed by atoms with Crippen molar-refractivity contribution in [3.63, 3.8) is 0 Å². The third kappa shape index (κ3) is 4.40. The number of thiophene rings is 1. The first-order valence-electron chi connectivity index (χ1n) is 9.60. The zero-order chi connectivity index (χ0) is 21.1. The van der Waals surface area contributed by atoms with Crippen LogP contribution in [0, 0.1) is 11.3 Å². The average Bonchev–Trinajstić information content (AvgIpc) is 3.09. The molecule has 0 saturated carbocycles. The lowest BCUT2D eigenvalue weighted by Crippen LogP contribution is -2.46. The second kappa shape index (κ2) is 8.60. The first kappa shape index (κ1) is 20.8. The minimum atomic E-state index is -0.700. The maximum atomic E-state index is 13.0. The molecule has 0 unspecified atom stereocenters. The van der Waals surface area contributed by atoms with Crippen molar-refractivity contribution in [2.75, 3.05) is 23.3 Å². The molecule has 1 fully saturated rings. The third-order valence-electron chi connectivity index (χ3n) is 5.18. The summed E-state index contributed by atoms with van der Waals surface area (Å²) < 4.78 is 0. The quantitative estimate of drug-likeness (QED) is 0.450. The molecule has 0 aliphatic carbocycles. The molecule has 1 aliphatic heterocycles. The van der Waals surface area contributed by atoms with Gasteiger partial charge in [0, 0.05) is 17.6 Å². The molecular formula is C20H26N6O2S. The van der Waals surface area contributed by atoms with Gasteiger partial charge in [-0.3, -0.25) is 9.59 Å². The Hall–Kier alpha value is -2.94. The predicted molar refractivity (Wildman–Crippen MR) is 116 cm³/mol. The fourth-order valence-corrected chi connectivity index (χ4v) is 4.63. The Bertz CT molecular complexity index is 941. The number of amides is 2. The minimum absolute atomic E-state index is 0.221. The number of likely N-dealkylation sites (tertiary alicyclic amines) is 1. The van der Waals surface area contributed by atoms with Crippen molar-refractivity contribution in [1.82, 2.24) is 9.88 Å². The Kier molecular flexibility index (Phi) is 6.17. The van der Waals surface area contributed by atoms with Crippen LogP contribution < -0.4 is 16.8 Å². The van der Waals surface area contributed by atoms with Crippen molar-refractivity contribution in [1.29, 1.82) is 5.41 Å². The van der Waals surface area contributed by atoms with Crippen molar-refractivity contribution in [3.8, 4) is 0 Å². The summed E-state index contributed by atoms with van der Waals surface area (Å²) in [7, 11) is 0. The molecule has 0 bridgehead atoms. The summed E-state index contributed by atoms with van der Waals surface area (Å²) in [5, 5.41) is 10.1. The van der Waals surface area contributed by atoms with Crippen LogP contribution in [0.15, 0.2) is 18.3 Å². The zero-order valence-corrected chi connectivity index (χ0v) is 17.4. The lowest BCUT2D eigenvalue weighted by atomic mass is 9.93. The molecule has 0 spiro atoms. The molecule has 2 aromatic rings. The molecule has 0 radical (unpaired) electrons. The molecule has 3 rings (SSSR count). The van der Waals surface area contributed by atoms with Crippen LogP contribution >= 0.6 is 11.3 Å². The summed E-state index contributed by atoms with van der Waals surface area (Å²) in [5.41, 5.74) is 13.6. The second-order valence-electron chi connectivity index (χ2n) is 7.34. The number of nitrogens with one attached hydrogen (secondary N) is 2. The van der Waals surface area contributed by atoms with E-state index in [9.17, 15) is 9.59 Å². The molecular weight excluding hydrogens is 388 g/mol. The van der Waals surface area contributed by atoms with E-state index in [1.54, 1.807) is 17.0 Å². The van der Waals surface area contributed by atoms with E-state index in [4.69, 9.17) is 16.9 Å². The van der Waals surface area contributed by atoms with Crippen LogP contribution in [-0.4, -0.2) is 34.5 Å². The third-order valence-corrected chi connectivity index (χ3v) is 6.38. The molecule has 154 valence electrons. The molecule has 3 heterocycles. The van der Waals surface area contributed by atoms with E-state index in [0.29, 0.717) is 41.0 Å². The van der Waals surface area contributed by atoms with Crippen molar-refractivity contribution in [3.05, 3.63) is 33.6 Å². The monoisotopic (exact) mass is 414 g/mol. The summed E-state index contributed by atoms with van der Waals surface area (Å²) in [6.07, 6.45) is 5.05. The molecule has 1 aliphatic rings. The molecule has 2 amide bonds. The van der Waals surface area contributed by atoms with Crippen LogP contribution in [0.3, 0.4) is 0 Å². The molecule has 2 aromatic heterocycles. The molecule has 8 nitrogen and oxygen atoms in total. The van der Waals surface area contributed by atoms with E-state index >= 15 is 0 Å². The molecule has 2 atom stereocenters. The first-order valence-corrected chi connectivity index (χ1v) is 10.4. The first-order chi connectivity index (χ1) is 13.8. The summed E-state index contributed by atoms with van der Waals surface area (Å²) in [6, 6.07) is 3.32. The van der Waals surface area contributed by atoms with E-state index in [1.807, 2.05) is 6.92 Å². The van der Waals surface area contributed by atoms with Gasteiger partial charge in [0.1, 0.15) is 5.82 Å². The number of piperidine rings is 1.